The van der Waals surface area contributed by atoms with Crippen molar-refractivity contribution in [3.05, 3.63) is 39.8 Å². The highest BCUT2D eigenvalue weighted by Gasteiger charge is 2.14. The summed E-state index contributed by atoms with van der Waals surface area (Å²) in [5, 5.41) is 11.9. The summed E-state index contributed by atoms with van der Waals surface area (Å²) in [6.07, 6.45) is 0. The normalized spacial score (nSPS) is 12.6. The van der Waals surface area contributed by atoms with Gasteiger partial charge in [-0.15, -0.1) is 11.3 Å². The monoisotopic (exact) mass is 368 g/mol. The number of aliphatic carboxylic acids is 1. The van der Waals surface area contributed by atoms with Crippen molar-refractivity contribution in [1.29, 1.82) is 0 Å². The van der Waals surface area contributed by atoms with Gasteiger partial charge >= 0.3 is 5.97 Å². The third-order valence-corrected chi connectivity index (χ3v) is 4.50. The third-order valence-electron chi connectivity index (χ3n) is 3.06. The van der Waals surface area contributed by atoms with E-state index in [1.807, 2.05) is 41.6 Å². The number of hydrogen-bond donors (Lipinski definition) is 1. The van der Waals surface area contributed by atoms with Gasteiger partial charge in [-0.3, -0.25) is 9.69 Å². The Bertz CT molecular complexity index is 630. The second-order valence-electron chi connectivity index (χ2n) is 5.09. The van der Waals surface area contributed by atoms with E-state index in [1.54, 1.807) is 18.3 Å². The molecule has 2 rings (SSSR count). The van der Waals surface area contributed by atoms with Gasteiger partial charge in [-0.05, 0) is 19.2 Å². The van der Waals surface area contributed by atoms with Crippen LogP contribution in [0, 0.1) is 5.92 Å². The Labute approximate surface area is 136 Å². The van der Waals surface area contributed by atoms with Gasteiger partial charge < -0.3 is 5.11 Å². The lowest BCUT2D eigenvalue weighted by Crippen LogP contribution is -2.28. The SMILES string of the molecule is CC(CN(C)Cc1csc(-c2cccc(Br)c2)n1)C(=O)O. The van der Waals surface area contributed by atoms with Crippen LogP contribution in [0.4, 0.5) is 0 Å². The molecule has 0 amide bonds. The molecule has 1 unspecified atom stereocenters. The molecular weight excluding hydrogens is 352 g/mol. The number of rotatable bonds is 6. The first-order valence-corrected chi connectivity index (χ1v) is 8.24. The fourth-order valence-corrected chi connectivity index (χ4v) is 3.23. The Hall–Kier alpha value is -1.24. The van der Waals surface area contributed by atoms with Crippen molar-refractivity contribution in [2.45, 2.75) is 13.5 Å². The quantitative estimate of drug-likeness (QED) is 0.843. The van der Waals surface area contributed by atoms with Crippen molar-refractivity contribution >= 4 is 33.2 Å². The highest BCUT2D eigenvalue weighted by atomic mass is 79.9. The molecule has 0 aliphatic rings. The standard InChI is InChI=1S/C15H17BrN2O2S/c1-10(15(19)20)7-18(2)8-13-9-21-14(17-13)11-4-3-5-12(16)6-11/h3-6,9-10H,7-8H2,1-2H3,(H,19,20). The van der Waals surface area contributed by atoms with Gasteiger partial charge in [-0.25, -0.2) is 4.98 Å². The Morgan fingerprint density at radius 1 is 1.52 bits per heavy atom. The number of hydrogen-bond acceptors (Lipinski definition) is 4. The molecular formula is C15H17BrN2O2S. The number of thiazole rings is 1. The molecule has 21 heavy (non-hydrogen) atoms. The summed E-state index contributed by atoms with van der Waals surface area (Å²) >= 11 is 5.06. The van der Waals surface area contributed by atoms with Gasteiger partial charge in [0.15, 0.2) is 0 Å². The van der Waals surface area contributed by atoms with Crippen molar-refractivity contribution in [3.8, 4) is 10.6 Å². The highest BCUT2D eigenvalue weighted by Crippen LogP contribution is 2.26. The number of carboxylic acid groups (broad SMARTS) is 1. The molecule has 1 atom stereocenters. The van der Waals surface area contributed by atoms with Crippen LogP contribution in [0.3, 0.4) is 0 Å². The van der Waals surface area contributed by atoms with Gasteiger partial charge in [0.25, 0.3) is 0 Å². The van der Waals surface area contributed by atoms with E-state index in [9.17, 15) is 4.79 Å². The van der Waals surface area contributed by atoms with Crippen LogP contribution in [0.15, 0.2) is 34.1 Å². The molecule has 1 aromatic heterocycles. The van der Waals surface area contributed by atoms with E-state index in [0.717, 1.165) is 20.7 Å². The summed E-state index contributed by atoms with van der Waals surface area (Å²) in [4.78, 5) is 17.5. The van der Waals surface area contributed by atoms with E-state index in [0.29, 0.717) is 13.1 Å². The zero-order valence-electron chi connectivity index (χ0n) is 11.9. The lowest BCUT2D eigenvalue weighted by molar-refractivity contribution is -0.141. The average Bonchev–Trinajstić information content (AvgIpc) is 2.86. The second kappa shape index (κ2) is 7.15. The summed E-state index contributed by atoms with van der Waals surface area (Å²) in [7, 11) is 1.91. The molecule has 0 saturated heterocycles. The van der Waals surface area contributed by atoms with Crippen LogP contribution in [0.5, 0.6) is 0 Å². The van der Waals surface area contributed by atoms with Crippen LogP contribution in [-0.4, -0.2) is 34.6 Å². The maximum absolute atomic E-state index is 10.9. The van der Waals surface area contributed by atoms with Crippen LogP contribution in [0.25, 0.3) is 10.6 Å². The van der Waals surface area contributed by atoms with E-state index in [1.165, 1.54) is 0 Å². The number of carbonyl (C=O) groups is 1. The number of halogens is 1. The van der Waals surface area contributed by atoms with Crippen molar-refractivity contribution in [3.63, 3.8) is 0 Å². The van der Waals surface area contributed by atoms with Crippen LogP contribution in [0.1, 0.15) is 12.6 Å². The fraction of sp³-hybridized carbons (Fsp3) is 0.333. The van der Waals surface area contributed by atoms with Crippen LogP contribution in [0.2, 0.25) is 0 Å². The predicted molar refractivity (Wildman–Crippen MR) is 88.4 cm³/mol. The lowest BCUT2D eigenvalue weighted by Gasteiger charge is -2.17. The maximum Gasteiger partial charge on any atom is 0.307 e. The van der Waals surface area contributed by atoms with Gasteiger partial charge in [0.1, 0.15) is 5.01 Å². The third kappa shape index (κ3) is 4.62. The lowest BCUT2D eigenvalue weighted by atomic mass is 10.2. The molecule has 4 nitrogen and oxygen atoms in total. The Morgan fingerprint density at radius 2 is 2.29 bits per heavy atom. The van der Waals surface area contributed by atoms with Crippen LogP contribution < -0.4 is 0 Å². The molecule has 0 aliphatic carbocycles. The Morgan fingerprint density at radius 3 is 2.95 bits per heavy atom. The Kier molecular flexibility index (Phi) is 5.50. The first kappa shape index (κ1) is 16.1. The minimum atomic E-state index is -0.769. The van der Waals surface area contributed by atoms with Gasteiger partial charge in [0, 0.05) is 28.5 Å². The van der Waals surface area contributed by atoms with Crippen molar-refractivity contribution in [1.82, 2.24) is 9.88 Å². The topological polar surface area (TPSA) is 53.4 Å². The molecule has 112 valence electrons. The van der Waals surface area contributed by atoms with E-state index in [4.69, 9.17) is 5.11 Å². The minimum Gasteiger partial charge on any atom is -0.481 e. The summed E-state index contributed by atoms with van der Waals surface area (Å²) in [5.74, 6) is -1.15. The second-order valence-corrected chi connectivity index (χ2v) is 6.86. The fourth-order valence-electron chi connectivity index (χ4n) is 2.02. The van der Waals surface area contributed by atoms with Gasteiger partial charge in [-0.1, -0.05) is 35.0 Å². The molecule has 1 aromatic carbocycles. The van der Waals surface area contributed by atoms with Gasteiger partial charge in [0.2, 0.25) is 0 Å². The maximum atomic E-state index is 10.9. The molecule has 0 spiro atoms. The molecule has 0 saturated carbocycles. The average molecular weight is 369 g/mol. The molecule has 6 heteroatoms. The predicted octanol–water partition coefficient (Wildman–Crippen LogP) is 3.73. The number of aromatic nitrogens is 1. The zero-order chi connectivity index (χ0) is 15.4. The van der Waals surface area contributed by atoms with E-state index >= 15 is 0 Å². The molecule has 0 radical (unpaired) electrons. The summed E-state index contributed by atoms with van der Waals surface area (Å²) in [5.41, 5.74) is 2.05. The summed E-state index contributed by atoms with van der Waals surface area (Å²) in [6, 6.07) is 8.04. The first-order chi connectivity index (χ1) is 9.95. The zero-order valence-corrected chi connectivity index (χ0v) is 14.3. The largest absolute Gasteiger partial charge is 0.481 e. The van der Waals surface area contributed by atoms with Crippen molar-refractivity contribution < 1.29 is 9.90 Å². The van der Waals surface area contributed by atoms with E-state index in [2.05, 4.69) is 20.9 Å². The van der Waals surface area contributed by atoms with Gasteiger partial charge in [0.05, 0.1) is 11.6 Å². The molecule has 0 fully saturated rings. The first-order valence-electron chi connectivity index (χ1n) is 6.57. The van der Waals surface area contributed by atoms with Crippen molar-refractivity contribution in [2.24, 2.45) is 5.92 Å². The number of nitrogens with zero attached hydrogens (tertiary/aromatic N) is 2. The highest BCUT2D eigenvalue weighted by molar-refractivity contribution is 9.10. The van der Waals surface area contributed by atoms with E-state index in [-0.39, 0.29) is 5.92 Å². The minimum absolute atomic E-state index is 0.377. The van der Waals surface area contributed by atoms with Gasteiger partial charge in [-0.2, -0.15) is 0 Å². The molecule has 0 aliphatic heterocycles. The number of carboxylic acids is 1. The molecule has 2 aromatic rings. The molecule has 1 heterocycles. The smallest absolute Gasteiger partial charge is 0.307 e. The Balaban J connectivity index is 2.02. The summed E-state index contributed by atoms with van der Waals surface area (Å²) in [6.45, 7) is 2.88. The molecule has 0 bridgehead atoms. The van der Waals surface area contributed by atoms with Crippen LogP contribution >= 0.6 is 27.3 Å². The van der Waals surface area contributed by atoms with Crippen molar-refractivity contribution in [2.75, 3.05) is 13.6 Å². The van der Waals surface area contributed by atoms with E-state index < -0.39 is 5.97 Å². The van der Waals surface area contributed by atoms with Crippen LogP contribution in [-0.2, 0) is 11.3 Å². The molecule has 1 N–H and O–H groups in total. The summed E-state index contributed by atoms with van der Waals surface area (Å²) < 4.78 is 1.03. The number of benzene rings is 1.